The van der Waals surface area contributed by atoms with Gasteiger partial charge in [0.15, 0.2) is 0 Å². The number of anilines is 4. The molecule has 6 nitrogen and oxygen atoms in total. The van der Waals surface area contributed by atoms with E-state index in [1.54, 1.807) is 36.4 Å². The van der Waals surface area contributed by atoms with E-state index in [-0.39, 0.29) is 21.9 Å². The van der Waals surface area contributed by atoms with Crippen molar-refractivity contribution in [3.8, 4) is 0 Å². The molecule has 2 heterocycles. The summed E-state index contributed by atoms with van der Waals surface area (Å²) in [7, 11) is 0. The first kappa shape index (κ1) is 32.2. The summed E-state index contributed by atoms with van der Waals surface area (Å²) in [6.07, 6.45) is 0. The number of amides is 2. The number of fused-ring (bicyclic) bond motifs is 5. The number of rotatable bonds is 6. The Morgan fingerprint density at radius 2 is 0.880 bits per heavy atom. The fourth-order valence-corrected chi connectivity index (χ4v) is 8.21. The first-order valence-corrected chi connectivity index (χ1v) is 17.2. The first-order chi connectivity index (χ1) is 24.2. The van der Waals surface area contributed by atoms with Crippen LogP contribution in [0.1, 0.15) is 43.0 Å². The Bertz CT molecular complexity index is 2170. The Morgan fingerprint density at radius 3 is 1.26 bits per heavy atom. The minimum Gasteiger partial charge on any atom is -0.369 e. The second-order valence-corrected chi connectivity index (χ2v) is 13.8. The van der Waals surface area contributed by atoms with Crippen LogP contribution >= 0.6 is 46.4 Å². The SMILES string of the molecule is O=C(Nc1ccc2c(c1)[C@@]1(c3ccccc3)Nc3ccc(NC(=O)c4ccc(Cl)cc4Cl)cc3[C@]1(c1ccccc1)N2)c1ccc(Cl)cc1Cl. The third-order valence-electron chi connectivity index (χ3n) is 9.33. The molecule has 0 radical (unpaired) electrons. The molecular weight excluding hydrogens is 710 g/mol. The largest absolute Gasteiger partial charge is 0.369 e. The molecule has 10 heteroatoms. The maximum Gasteiger partial charge on any atom is 0.257 e. The molecule has 2 atom stereocenters. The lowest BCUT2D eigenvalue weighted by molar-refractivity contribution is 0.101. The van der Waals surface area contributed by atoms with Crippen LogP contribution in [-0.4, -0.2) is 11.8 Å². The number of hydrogen-bond acceptors (Lipinski definition) is 4. The van der Waals surface area contributed by atoms with Crippen molar-refractivity contribution in [1.82, 2.24) is 0 Å². The van der Waals surface area contributed by atoms with Crippen molar-refractivity contribution in [2.75, 3.05) is 21.3 Å². The molecule has 0 aromatic heterocycles. The van der Waals surface area contributed by atoms with Crippen LogP contribution in [0.3, 0.4) is 0 Å². The fraction of sp³-hybridized carbons (Fsp3) is 0.0500. The van der Waals surface area contributed by atoms with Gasteiger partial charge in [0.2, 0.25) is 0 Å². The minimum absolute atomic E-state index is 0.260. The van der Waals surface area contributed by atoms with Crippen LogP contribution in [0, 0.1) is 0 Å². The number of hydrogen-bond donors (Lipinski definition) is 4. The van der Waals surface area contributed by atoms with Crippen molar-refractivity contribution >= 4 is 81.0 Å². The van der Waals surface area contributed by atoms with Crippen LogP contribution in [0.15, 0.2) is 133 Å². The number of benzene rings is 6. The summed E-state index contributed by atoms with van der Waals surface area (Å²) < 4.78 is 0. The minimum atomic E-state index is -0.895. The molecular formula is C40H26Cl4N4O2. The molecule has 0 saturated heterocycles. The Hall–Kier alpha value is -4.98. The molecule has 0 unspecified atom stereocenters. The summed E-state index contributed by atoms with van der Waals surface area (Å²) in [6.45, 7) is 0. The standard InChI is InChI=1S/C40H26Cl4N4O2/c41-25-11-15-29(33(43)19-25)37(49)45-27-13-17-35-31(21-27)39(23-7-3-1-4-8-23)40(48-35,24-9-5-2-6-10-24)32-22-28(14-18-36(32)47-39)46-38(50)30-16-12-26(42)20-34(30)44/h1-22,47-48H,(H,45,49)(H,46,50)/t39-,40+. The summed E-state index contributed by atoms with van der Waals surface area (Å²) in [6, 6.07) is 41.6. The highest BCUT2D eigenvalue weighted by molar-refractivity contribution is 6.38. The van der Waals surface area contributed by atoms with Crippen molar-refractivity contribution in [3.05, 3.63) is 187 Å². The van der Waals surface area contributed by atoms with E-state index in [1.807, 2.05) is 72.8 Å². The van der Waals surface area contributed by atoms with Crippen molar-refractivity contribution in [1.29, 1.82) is 0 Å². The van der Waals surface area contributed by atoms with Crippen molar-refractivity contribution < 1.29 is 9.59 Å². The van der Waals surface area contributed by atoms with Crippen LogP contribution in [0.25, 0.3) is 0 Å². The van der Waals surface area contributed by atoms with E-state index >= 15 is 0 Å². The lowest BCUT2D eigenvalue weighted by atomic mass is 9.66. The zero-order valence-corrected chi connectivity index (χ0v) is 29.1. The summed E-state index contributed by atoms with van der Waals surface area (Å²) >= 11 is 24.9. The van der Waals surface area contributed by atoms with Gasteiger partial charge in [0, 0.05) is 43.9 Å². The zero-order valence-electron chi connectivity index (χ0n) is 26.0. The third-order valence-corrected chi connectivity index (χ3v) is 10.4. The number of nitrogens with one attached hydrogen (secondary N) is 4. The molecule has 0 aliphatic carbocycles. The summed E-state index contributed by atoms with van der Waals surface area (Å²) in [5.41, 5.74) is 5.59. The highest BCUT2D eigenvalue weighted by atomic mass is 35.5. The molecule has 0 bridgehead atoms. The van der Waals surface area contributed by atoms with Gasteiger partial charge in [0.05, 0.1) is 21.2 Å². The van der Waals surface area contributed by atoms with E-state index in [0.717, 1.165) is 33.6 Å². The van der Waals surface area contributed by atoms with Crippen molar-refractivity contribution in [2.45, 2.75) is 11.1 Å². The van der Waals surface area contributed by atoms with Gasteiger partial charge in [-0.15, -0.1) is 0 Å². The Balaban J connectivity index is 1.28. The van der Waals surface area contributed by atoms with Gasteiger partial charge in [-0.05, 0) is 83.9 Å². The van der Waals surface area contributed by atoms with Crippen LogP contribution < -0.4 is 21.3 Å². The Kier molecular flexibility index (Phi) is 8.00. The molecule has 50 heavy (non-hydrogen) atoms. The molecule has 0 saturated carbocycles. The average molecular weight is 736 g/mol. The van der Waals surface area contributed by atoms with E-state index in [1.165, 1.54) is 0 Å². The van der Waals surface area contributed by atoms with Crippen molar-refractivity contribution in [2.24, 2.45) is 0 Å². The Labute approximate surface area is 308 Å². The second kappa shape index (κ2) is 12.4. The normalized spacial score (nSPS) is 18.2. The summed E-state index contributed by atoms with van der Waals surface area (Å²) in [5, 5.41) is 15.3. The quantitative estimate of drug-likeness (QED) is 0.137. The maximum absolute atomic E-state index is 13.4. The van der Waals surface area contributed by atoms with Crippen molar-refractivity contribution in [3.63, 3.8) is 0 Å². The second-order valence-electron chi connectivity index (χ2n) is 12.2. The van der Waals surface area contributed by atoms with Crippen LogP contribution in [-0.2, 0) is 11.1 Å². The van der Waals surface area contributed by atoms with Crippen LogP contribution in [0.4, 0.5) is 22.7 Å². The molecule has 246 valence electrons. The van der Waals surface area contributed by atoms with Crippen LogP contribution in [0.5, 0.6) is 0 Å². The molecule has 6 aromatic rings. The van der Waals surface area contributed by atoms with Crippen LogP contribution in [0.2, 0.25) is 20.1 Å². The number of carbonyl (C=O) groups is 2. The maximum atomic E-state index is 13.4. The van der Waals surface area contributed by atoms with Gasteiger partial charge < -0.3 is 21.3 Å². The summed E-state index contributed by atoms with van der Waals surface area (Å²) in [4.78, 5) is 26.9. The predicted octanol–water partition coefficient (Wildman–Crippen LogP) is 10.8. The van der Waals surface area contributed by atoms with E-state index < -0.39 is 11.1 Å². The average Bonchev–Trinajstić information content (AvgIpc) is 3.56. The molecule has 2 aliphatic heterocycles. The topological polar surface area (TPSA) is 82.3 Å². The Morgan fingerprint density at radius 1 is 0.480 bits per heavy atom. The third kappa shape index (κ3) is 5.10. The number of carbonyl (C=O) groups excluding carboxylic acids is 2. The van der Waals surface area contributed by atoms with Gasteiger partial charge in [0.25, 0.3) is 11.8 Å². The highest BCUT2D eigenvalue weighted by Gasteiger charge is 2.65. The van der Waals surface area contributed by atoms with E-state index in [0.29, 0.717) is 32.5 Å². The first-order valence-electron chi connectivity index (χ1n) is 15.7. The van der Waals surface area contributed by atoms with Gasteiger partial charge in [0.1, 0.15) is 11.1 Å². The molecule has 2 aliphatic rings. The van der Waals surface area contributed by atoms with E-state index in [9.17, 15) is 9.59 Å². The van der Waals surface area contributed by atoms with Gasteiger partial charge in [-0.1, -0.05) is 107 Å². The molecule has 8 rings (SSSR count). The smallest absolute Gasteiger partial charge is 0.257 e. The van der Waals surface area contributed by atoms with E-state index in [2.05, 4.69) is 45.5 Å². The molecule has 6 aromatic carbocycles. The predicted molar refractivity (Wildman–Crippen MR) is 203 cm³/mol. The zero-order chi connectivity index (χ0) is 34.6. The van der Waals surface area contributed by atoms with Gasteiger partial charge in [-0.3, -0.25) is 9.59 Å². The molecule has 0 fully saturated rings. The number of halogens is 4. The van der Waals surface area contributed by atoms with E-state index in [4.69, 9.17) is 46.4 Å². The molecule has 2 amide bonds. The van der Waals surface area contributed by atoms with Gasteiger partial charge in [-0.25, -0.2) is 0 Å². The summed E-state index contributed by atoms with van der Waals surface area (Å²) in [5.74, 6) is -0.714. The molecule has 0 spiro atoms. The van der Waals surface area contributed by atoms with Gasteiger partial charge in [-0.2, -0.15) is 0 Å². The lowest BCUT2D eigenvalue weighted by Crippen LogP contribution is -2.51. The van der Waals surface area contributed by atoms with Gasteiger partial charge >= 0.3 is 0 Å². The lowest BCUT2D eigenvalue weighted by Gasteiger charge is -2.42. The fourth-order valence-electron chi connectivity index (χ4n) is 7.22. The molecule has 4 N–H and O–H groups in total. The highest BCUT2D eigenvalue weighted by Crippen LogP contribution is 2.65. The monoisotopic (exact) mass is 734 g/mol.